The van der Waals surface area contributed by atoms with Crippen LogP contribution in [0.3, 0.4) is 0 Å². The summed E-state index contributed by atoms with van der Waals surface area (Å²) in [5.41, 5.74) is 6.11. The highest BCUT2D eigenvalue weighted by molar-refractivity contribution is 6.31. The summed E-state index contributed by atoms with van der Waals surface area (Å²) in [5, 5.41) is 0.0717. The van der Waals surface area contributed by atoms with Crippen molar-refractivity contribution < 1.29 is 8.81 Å². The molecular formula is C12H12ClFN2O. The average Bonchev–Trinajstić information content (AvgIpc) is 2.79. The molecule has 0 aliphatic heterocycles. The third kappa shape index (κ3) is 2.84. The highest BCUT2D eigenvalue weighted by Gasteiger charge is 2.08. The van der Waals surface area contributed by atoms with Gasteiger partial charge < -0.3 is 10.2 Å². The van der Waals surface area contributed by atoms with Crippen molar-refractivity contribution in [3.05, 3.63) is 41.1 Å². The standard InChI is InChI=1S/C12H12ClFN2O/c13-9-6-8(3-4-10(9)14)11-7-16-12(17-11)2-1-5-15/h3-4,6-7H,1-2,5,15H2. The first kappa shape index (κ1) is 12.1. The second-order valence-electron chi connectivity index (χ2n) is 3.64. The zero-order valence-corrected chi connectivity index (χ0v) is 9.88. The molecule has 0 bridgehead atoms. The molecule has 0 radical (unpaired) electrons. The Hall–Kier alpha value is -1.39. The summed E-state index contributed by atoms with van der Waals surface area (Å²) in [6, 6.07) is 4.43. The summed E-state index contributed by atoms with van der Waals surface area (Å²) in [6.07, 6.45) is 3.13. The van der Waals surface area contributed by atoms with Gasteiger partial charge in [0.05, 0.1) is 11.2 Å². The van der Waals surface area contributed by atoms with Crippen molar-refractivity contribution in [3.8, 4) is 11.3 Å². The molecule has 1 aromatic heterocycles. The Balaban J connectivity index is 2.21. The van der Waals surface area contributed by atoms with Crippen LogP contribution >= 0.6 is 11.6 Å². The molecule has 0 fully saturated rings. The van der Waals surface area contributed by atoms with E-state index >= 15 is 0 Å². The predicted molar refractivity (Wildman–Crippen MR) is 64.3 cm³/mol. The van der Waals surface area contributed by atoms with Crippen LogP contribution in [0.5, 0.6) is 0 Å². The molecule has 0 aliphatic carbocycles. The van der Waals surface area contributed by atoms with E-state index in [1.165, 1.54) is 12.1 Å². The van der Waals surface area contributed by atoms with Gasteiger partial charge in [-0.2, -0.15) is 0 Å². The maximum absolute atomic E-state index is 13.0. The molecule has 2 N–H and O–H groups in total. The molecule has 3 nitrogen and oxygen atoms in total. The maximum Gasteiger partial charge on any atom is 0.194 e. The number of hydrogen-bond acceptors (Lipinski definition) is 3. The molecule has 90 valence electrons. The van der Waals surface area contributed by atoms with Crippen LogP contribution < -0.4 is 5.73 Å². The van der Waals surface area contributed by atoms with E-state index in [1.807, 2.05) is 0 Å². The summed E-state index contributed by atoms with van der Waals surface area (Å²) in [7, 11) is 0. The fraction of sp³-hybridized carbons (Fsp3) is 0.250. The van der Waals surface area contributed by atoms with Gasteiger partial charge in [0.2, 0.25) is 0 Å². The van der Waals surface area contributed by atoms with Gasteiger partial charge in [0.1, 0.15) is 5.82 Å². The molecule has 17 heavy (non-hydrogen) atoms. The summed E-state index contributed by atoms with van der Waals surface area (Å²) >= 11 is 5.70. The lowest BCUT2D eigenvalue weighted by Crippen LogP contribution is -2.00. The number of benzene rings is 1. The zero-order valence-electron chi connectivity index (χ0n) is 9.12. The SMILES string of the molecule is NCCCc1ncc(-c2ccc(F)c(Cl)c2)o1. The van der Waals surface area contributed by atoms with Crippen LogP contribution in [-0.4, -0.2) is 11.5 Å². The van der Waals surface area contributed by atoms with E-state index in [0.717, 1.165) is 6.42 Å². The van der Waals surface area contributed by atoms with Crippen LogP contribution in [0.15, 0.2) is 28.8 Å². The zero-order chi connectivity index (χ0) is 12.3. The van der Waals surface area contributed by atoms with E-state index in [0.29, 0.717) is 30.2 Å². The summed E-state index contributed by atoms with van der Waals surface area (Å²) in [4.78, 5) is 4.12. The molecule has 5 heteroatoms. The Morgan fingerprint density at radius 1 is 1.41 bits per heavy atom. The Morgan fingerprint density at radius 3 is 2.94 bits per heavy atom. The lowest BCUT2D eigenvalue weighted by Gasteiger charge is -1.98. The fourth-order valence-corrected chi connectivity index (χ4v) is 1.64. The van der Waals surface area contributed by atoms with Crippen LogP contribution in [0.2, 0.25) is 5.02 Å². The van der Waals surface area contributed by atoms with E-state index in [9.17, 15) is 4.39 Å². The van der Waals surface area contributed by atoms with Gasteiger partial charge in [-0.05, 0) is 31.2 Å². The average molecular weight is 255 g/mol. The number of nitrogens with zero attached hydrogens (tertiary/aromatic N) is 1. The second-order valence-corrected chi connectivity index (χ2v) is 4.05. The minimum absolute atomic E-state index is 0.0717. The summed E-state index contributed by atoms with van der Waals surface area (Å²) in [5.74, 6) is 0.767. The number of oxazole rings is 1. The number of halogens is 2. The molecule has 0 aliphatic rings. The first-order valence-corrected chi connectivity index (χ1v) is 5.68. The Bertz CT molecular complexity index is 513. The molecule has 1 heterocycles. The topological polar surface area (TPSA) is 52.0 Å². The molecule has 2 rings (SSSR count). The molecule has 0 amide bonds. The van der Waals surface area contributed by atoms with Crippen molar-refractivity contribution in [1.82, 2.24) is 4.98 Å². The number of hydrogen-bond donors (Lipinski definition) is 1. The minimum Gasteiger partial charge on any atom is -0.441 e. The number of rotatable bonds is 4. The van der Waals surface area contributed by atoms with E-state index in [4.69, 9.17) is 21.8 Å². The van der Waals surface area contributed by atoms with E-state index in [-0.39, 0.29) is 5.02 Å². The quantitative estimate of drug-likeness (QED) is 0.912. The molecule has 0 saturated heterocycles. The van der Waals surface area contributed by atoms with E-state index in [1.54, 1.807) is 12.3 Å². The molecule has 2 aromatic rings. The minimum atomic E-state index is -0.446. The summed E-state index contributed by atoms with van der Waals surface area (Å²) in [6.45, 7) is 0.597. The van der Waals surface area contributed by atoms with E-state index in [2.05, 4.69) is 4.98 Å². The summed E-state index contributed by atoms with van der Waals surface area (Å²) < 4.78 is 18.5. The Morgan fingerprint density at radius 2 is 2.24 bits per heavy atom. The second kappa shape index (κ2) is 5.29. The number of aromatic nitrogens is 1. The fourth-order valence-electron chi connectivity index (χ4n) is 1.46. The first-order chi connectivity index (χ1) is 8.20. The van der Waals surface area contributed by atoms with Crippen LogP contribution in [-0.2, 0) is 6.42 Å². The van der Waals surface area contributed by atoms with Crippen LogP contribution in [0.25, 0.3) is 11.3 Å². The third-order valence-corrected chi connectivity index (χ3v) is 2.64. The van der Waals surface area contributed by atoms with Gasteiger partial charge in [-0.1, -0.05) is 11.6 Å². The lowest BCUT2D eigenvalue weighted by atomic mass is 10.2. The van der Waals surface area contributed by atoms with Crippen molar-refractivity contribution in [1.29, 1.82) is 0 Å². The molecular weight excluding hydrogens is 243 g/mol. The largest absolute Gasteiger partial charge is 0.441 e. The molecule has 0 spiro atoms. The molecule has 0 atom stereocenters. The highest BCUT2D eigenvalue weighted by atomic mass is 35.5. The van der Waals surface area contributed by atoms with Gasteiger partial charge in [-0.15, -0.1) is 0 Å². The predicted octanol–water partition coefficient (Wildman–Crippen LogP) is 3.03. The van der Waals surface area contributed by atoms with Crippen LogP contribution in [0.1, 0.15) is 12.3 Å². The van der Waals surface area contributed by atoms with Crippen molar-refractivity contribution in [2.45, 2.75) is 12.8 Å². The normalized spacial score (nSPS) is 10.8. The number of nitrogens with two attached hydrogens (primary N) is 1. The third-order valence-electron chi connectivity index (χ3n) is 2.35. The van der Waals surface area contributed by atoms with Crippen molar-refractivity contribution in [2.24, 2.45) is 5.73 Å². The van der Waals surface area contributed by atoms with Crippen molar-refractivity contribution in [2.75, 3.05) is 6.54 Å². The van der Waals surface area contributed by atoms with Crippen molar-refractivity contribution >= 4 is 11.6 Å². The monoisotopic (exact) mass is 254 g/mol. The van der Waals surface area contributed by atoms with Gasteiger partial charge in [0.15, 0.2) is 11.7 Å². The van der Waals surface area contributed by atoms with Crippen LogP contribution in [0.4, 0.5) is 4.39 Å². The smallest absolute Gasteiger partial charge is 0.194 e. The molecule has 0 saturated carbocycles. The van der Waals surface area contributed by atoms with Gasteiger partial charge in [0, 0.05) is 12.0 Å². The van der Waals surface area contributed by atoms with Gasteiger partial charge in [0.25, 0.3) is 0 Å². The lowest BCUT2D eigenvalue weighted by molar-refractivity contribution is 0.499. The van der Waals surface area contributed by atoms with Crippen LogP contribution in [0, 0.1) is 5.82 Å². The van der Waals surface area contributed by atoms with Gasteiger partial charge in [-0.25, -0.2) is 9.37 Å². The van der Waals surface area contributed by atoms with E-state index < -0.39 is 5.82 Å². The van der Waals surface area contributed by atoms with Crippen molar-refractivity contribution in [3.63, 3.8) is 0 Å². The van der Waals surface area contributed by atoms with Gasteiger partial charge in [-0.3, -0.25) is 0 Å². The highest BCUT2D eigenvalue weighted by Crippen LogP contribution is 2.25. The first-order valence-electron chi connectivity index (χ1n) is 5.31. The number of aryl methyl sites for hydroxylation is 1. The Labute approximate surface area is 103 Å². The maximum atomic E-state index is 13.0. The van der Waals surface area contributed by atoms with Gasteiger partial charge >= 0.3 is 0 Å². The molecule has 1 aromatic carbocycles. The Kier molecular flexibility index (Phi) is 3.76. The molecule has 0 unspecified atom stereocenters.